The van der Waals surface area contributed by atoms with Crippen molar-refractivity contribution in [3.05, 3.63) is 35.4 Å². The minimum absolute atomic E-state index is 0.242. The van der Waals surface area contributed by atoms with Crippen LogP contribution in [-0.2, 0) is 11.3 Å². The maximum atomic E-state index is 12.8. The molecule has 1 rings (SSSR count). The first-order valence-electron chi connectivity index (χ1n) is 5.76. The first-order valence-corrected chi connectivity index (χ1v) is 5.76. The minimum Gasteiger partial charge on any atom is -0.465 e. The van der Waals surface area contributed by atoms with Crippen LogP contribution in [0.15, 0.2) is 24.3 Å². The van der Waals surface area contributed by atoms with Gasteiger partial charge in [-0.1, -0.05) is 12.1 Å². The smallest absolute Gasteiger partial charge is 0.460 e. The number of hydrogen-bond acceptors (Lipinski definition) is 3. The summed E-state index contributed by atoms with van der Waals surface area (Å²) in [5.41, 5.74) is 0.653. The van der Waals surface area contributed by atoms with Gasteiger partial charge in [0.15, 0.2) is 0 Å². The van der Waals surface area contributed by atoms with E-state index in [0.717, 1.165) is 0 Å². The second kappa shape index (κ2) is 6.06. The van der Waals surface area contributed by atoms with Gasteiger partial charge in [0.05, 0.1) is 12.7 Å². The molecule has 0 amide bonds. The fourth-order valence-electron chi connectivity index (χ4n) is 1.68. The largest absolute Gasteiger partial charge is 0.465 e. The third-order valence-electron chi connectivity index (χ3n) is 2.65. The standard InChI is InChI=1S/C13H16F3NO2/c1-9(2)17(13(14,15)16)8-10-5-4-6-11(7-10)12(18)19-3/h4-7,9H,8H2,1-3H3. The normalized spacial score (nSPS) is 12.0. The number of esters is 1. The lowest BCUT2D eigenvalue weighted by atomic mass is 10.1. The Kier molecular flexibility index (Phi) is 4.94. The lowest BCUT2D eigenvalue weighted by molar-refractivity contribution is -0.259. The number of nitrogens with zero attached hydrogens (tertiary/aromatic N) is 1. The summed E-state index contributed by atoms with van der Waals surface area (Å²) in [7, 11) is 1.23. The van der Waals surface area contributed by atoms with Crippen molar-refractivity contribution in [3.63, 3.8) is 0 Å². The zero-order valence-corrected chi connectivity index (χ0v) is 11.0. The van der Waals surface area contributed by atoms with Crippen molar-refractivity contribution in [2.45, 2.75) is 32.7 Å². The Bertz CT molecular complexity index is 444. The van der Waals surface area contributed by atoms with Gasteiger partial charge in [0.2, 0.25) is 0 Å². The van der Waals surface area contributed by atoms with Gasteiger partial charge < -0.3 is 4.74 Å². The van der Waals surface area contributed by atoms with Crippen molar-refractivity contribution in [1.29, 1.82) is 0 Å². The van der Waals surface area contributed by atoms with E-state index < -0.39 is 18.3 Å². The molecule has 0 atom stereocenters. The van der Waals surface area contributed by atoms with E-state index in [-0.39, 0.29) is 12.1 Å². The van der Waals surface area contributed by atoms with Gasteiger partial charge in [-0.25, -0.2) is 9.69 Å². The van der Waals surface area contributed by atoms with Crippen LogP contribution in [0.2, 0.25) is 0 Å². The second-order valence-electron chi connectivity index (χ2n) is 4.38. The van der Waals surface area contributed by atoms with E-state index >= 15 is 0 Å². The molecule has 106 valence electrons. The highest BCUT2D eigenvalue weighted by Gasteiger charge is 2.38. The predicted molar refractivity (Wildman–Crippen MR) is 64.5 cm³/mol. The van der Waals surface area contributed by atoms with Gasteiger partial charge in [0.25, 0.3) is 0 Å². The molecule has 0 saturated heterocycles. The van der Waals surface area contributed by atoms with E-state index in [1.54, 1.807) is 6.07 Å². The first-order chi connectivity index (χ1) is 8.75. The molecule has 0 heterocycles. The molecule has 0 saturated carbocycles. The average Bonchev–Trinajstić information content (AvgIpc) is 2.33. The Morgan fingerprint density at radius 3 is 2.47 bits per heavy atom. The second-order valence-corrected chi connectivity index (χ2v) is 4.38. The van der Waals surface area contributed by atoms with Gasteiger partial charge in [-0.15, -0.1) is 0 Å². The van der Waals surface area contributed by atoms with Gasteiger partial charge in [0, 0.05) is 12.6 Å². The molecule has 0 N–H and O–H groups in total. The molecule has 6 heteroatoms. The lowest BCUT2D eigenvalue weighted by Crippen LogP contribution is -2.42. The summed E-state index contributed by atoms with van der Waals surface area (Å²) in [6, 6.07) is 5.32. The Morgan fingerprint density at radius 1 is 1.37 bits per heavy atom. The number of ether oxygens (including phenoxy) is 1. The summed E-state index contributed by atoms with van der Waals surface area (Å²) in [5.74, 6) is -0.565. The molecule has 0 aromatic heterocycles. The molecule has 3 nitrogen and oxygen atoms in total. The highest BCUT2D eigenvalue weighted by atomic mass is 19.4. The SMILES string of the molecule is COC(=O)c1cccc(CN(C(C)C)C(F)(F)F)c1. The Balaban J connectivity index is 2.95. The molecule has 0 unspecified atom stereocenters. The Hall–Kier alpha value is -1.56. The van der Waals surface area contributed by atoms with Crippen LogP contribution in [0.25, 0.3) is 0 Å². The number of carbonyl (C=O) groups excluding carboxylic acids is 1. The third kappa shape index (κ3) is 4.24. The summed E-state index contributed by atoms with van der Waals surface area (Å²) in [6.45, 7) is 2.64. The zero-order chi connectivity index (χ0) is 14.6. The van der Waals surface area contributed by atoms with Gasteiger partial charge >= 0.3 is 12.3 Å². The Labute approximate surface area is 110 Å². The van der Waals surface area contributed by atoms with E-state index in [1.165, 1.54) is 39.2 Å². The lowest BCUT2D eigenvalue weighted by Gasteiger charge is -2.28. The fraction of sp³-hybridized carbons (Fsp3) is 0.462. The molecule has 0 radical (unpaired) electrons. The molecule has 0 bridgehead atoms. The van der Waals surface area contributed by atoms with E-state index in [9.17, 15) is 18.0 Å². The number of hydrogen-bond donors (Lipinski definition) is 0. The average molecular weight is 275 g/mol. The molecule has 0 aliphatic rings. The maximum absolute atomic E-state index is 12.8. The van der Waals surface area contributed by atoms with Gasteiger partial charge in [-0.3, -0.25) is 0 Å². The number of carbonyl (C=O) groups is 1. The highest BCUT2D eigenvalue weighted by molar-refractivity contribution is 5.89. The monoisotopic (exact) mass is 275 g/mol. The van der Waals surface area contributed by atoms with Gasteiger partial charge in [0.1, 0.15) is 0 Å². The van der Waals surface area contributed by atoms with Gasteiger partial charge in [-0.05, 0) is 31.5 Å². The molecule has 1 aromatic rings. The van der Waals surface area contributed by atoms with Crippen molar-refractivity contribution < 1.29 is 22.7 Å². The first kappa shape index (κ1) is 15.5. The quantitative estimate of drug-likeness (QED) is 0.624. The predicted octanol–water partition coefficient (Wildman–Crippen LogP) is 3.20. The van der Waals surface area contributed by atoms with Gasteiger partial charge in [-0.2, -0.15) is 13.2 Å². The summed E-state index contributed by atoms with van der Waals surface area (Å²) < 4.78 is 43.0. The molecule has 19 heavy (non-hydrogen) atoms. The van der Waals surface area contributed by atoms with E-state index in [4.69, 9.17) is 0 Å². The van der Waals surface area contributed by atoms with E-state index in [1.807, 2.05) is 0 Å². The number of halogens is 3. The zero-order valence-electron chi connectivity index (χ0n) is 11.0. The third-order valence-corrected chi connectivity index (χ3v) is 2.65. The number of rotatable bonds is 4. The number of alkyl halides is 3. The van der Waals surface area contributed by atoms with Crippen LogP contribution >= 0.6 is 0 Å². The minimum atomic E-state index is -4.41. The summed E-state index contributed by atoms with van der Waals surface area (Å²) >= 11 is 0. The molecular formula is C13H16F3NO2. The number of methoxy groups -OCH3 is 1. The van der Waals surface area contributed by atoms with Crippen LogP contribution in [0.1, 0.15) is 29.8 Å². The molecule has 1 aromatic carbocycles. The molecule has 0 fully saturated rings. The van der Waals surface area contributed by atoms with Crippen LogP contribution in [-0.4, -0.2) is 30.3 Å². The van der Waals surface area contributed by atoms with E-state index in [0.29, 0.717) is 10.5 Å². The molecule has 0 spiro atoms. The molecular weight excluding hydrogens is 259 g/mol. The van der Waals surface area contributed by atoms with Crippen molar-refractivity contribution in [2.75, 3.05) is 7.11 Å². The van der Waals surface area contributed by atoms with Crippen LogP contribution in [0, 0.1) is 0 Å². The van der Waals surface area contributed by atoms with Crippen LogP contribution in [0.4, 0.5) is 13.2 Å². The summed E-state index contributed by atoms with van der Waals surface area (Å²) in [4.78, 5) is 11.7. The number of benzene rings is 1. The Morgan fingerprint density at radius 2 is 2.00 bits per heavy atom. The van der Waals surface area contributed by atoms with Crippen LogP contribution in [0.3, 0.4) is 0 Å². The highest BCUT2D eigenvalue weighted by Crippen LogP contribution is 2.26. The topological polar surface area (TPSA) is 29.5 Å². The molecule has 0 aliphatic heterocycles. The van der Waals surface area contributed by atoms with Crippen LogP contribution < -0.4 is 0 Å². The summed E-state index contributed by atoms with van der Waals surface area (Å²) in [5, 5.41) is 0. The maximum Gasteiger partial charge on any atom is 0.460 e. The van der Waals surface area contributed by atoms with Crippen molar-refractivity contribution >= 4 is 5.97 Å². The van der Waals surface area contributed by atoms with Crippen LogP contribution in [0.5, 0.6) is 0 Å². The van der Waals surface area contributed by atoms with E-state index in [2.05, 4.69) is 4.74 Å². The fourth-order valence-corrected chi connectivity index (χ4v) is 1.68. The van der Waals surface area contributed by atoms with Crippen molar-refractivity contribution in [2.24, 2.45) is 0 Å². The molecule has 0 aliphatic carbocycles. The summed E-state index contributed by atoms with van der Waals surface area (Å²) in [6.07, 6.45) is -4.41. The van der Waals surface area contributed by atoms with Crippen molar-refractivity contribution in [1.82, 2.24) is 4.90 Å². The van der Waals surface area contributed by atoms with Crippen molar-refractivity contribution in [3.8, 4) is 0 Å².